The number of nitrogens with zero attached hydrogens (tertiary/aromatic N) is 2. The van der Waals surface area contributed by atoms with Crippen molar-refractivity contribution in [2.75, 3.05) is 18.0 Å². The molecule has 0 N–H and O–H groups in total. The molecule has 0 amide bonds. The molecule has 1 aliphatic rings. The Morgan fingerprint density at radius 2 is 1.89 bits per heavy atom. The maximum absolute atomic E-state index is 13.1. The average molecular weight is 242 g/mol. The summed E-state index contributed by atoms with van der Waals surface area (Å²) in [6.07, 6.45) is 1.10. The predicted molar refractivity (Wildman–Crippen MR) is 70.2 cm³/mol. The van der Waals surface area contributed by atoms with Crippen LogP contribution in [0.15, 0.2) is 48.5 Å². The third-order valence-corrected chi connectivity index (χ3v) is 3.48. The molecule has 0 spiro atoms. The van der Waals surface area contributed by atoms with E-state index in [0.717, 1.165) is 25.3 Å². The number of aromatic nitrogens is 1. The molecule has 3 heteroatoms. The molecule has 1 aromatic carbocycles. The van der Waals surface area contributed by atoms with Crippen LogP contribution in [0.4, 0.5) is 10.2 Å². The Bertz CT molecular complexity index is 527. The number of rotatable bonds is 2. The molecular weight excluding hydrogens is 227 g/mol. The monoisotopic (exact) mass is 242 g/mol. The zero-order valence-corrected chi connectivity index (χ0v) is 10.1. The van der Waals surface area contributed by atoms with Crippen molar-refractivity contribution in [3.05, 3.63) is 60.0 Å². The Kier molecular flexibility index (Phi) is 2.97. The van der Waals surface area contributed by atoms with Gasteiger partial charge in [0.15, 0.2) is 0 Å². The molecule has 2 heterocycles. The summed E-state index contributed by atoms with van der Waals surface area (Å²) in [6, 6.07) is 15.5. The van der Waals surface area contributed by atoms with Crippen molar-refractivity contribution in [3.63, 3.8) is 0 Å². The molecule has 92 valence electrons. The van der Waals surface area contributed by atoms with Gasteiger partial charge in [-0.25, -0.2) is 4.98 Å². The molecule has 0 saturated carbocycles. The highest BCUT2D eigenvalue weighted by Gasteiger charge is 2.24. The van der Waals surface area contributed by atoms with Crippen LogP contribution in [0, 0.1) is 5.95 Å². The summed E-state index contributed by atoms with van der Waals surface area (Å²) in [5.74, 6) is 0.861. The van der Waals surface area contributed by atoms with Gasteiger partial charge in [0, 0.05) is 19.0 Å². The van der Waals surface area contributed by atoms with Gasteiger partial charge in [-0.3, -0.25) is 0 Å². The van der Waals surface area contributed by atoms with Gasteiger partial charge in [-0.15, -0.1) is 0 Å². The van der Waals surface area contributed by atoms with E-state index in [0.29, 0.717) is 5.92 Å². The normalized spacial score (nSPS) is 19.2. The SMILES string of the molecule is Fc1cccc(N2CCC(c3ccccc3)C2)n1. The van der Waals surface area contributed by atoms with Gasteiger partial charge in [0.05, 0.1) is 0 Å². The standard InChI is InChI=1S/C15H15FN2/c16-14-7-4-8-15(17-14)18-10-9-13(11-18)12-5-2-1-3-6-12/h1-8,13H,9-11H2. The zero-order chi connectivity index (χ0) is 12.4. The zero-order valence-electron chi connectivity index (χ0n) is 10.1. The summed E-state index contributed by atoms with van der Waals surface area (Å²) in [5, 5.41) is 0. The number of hydrogen-bond donors (Lipinski definition) is 0. The van der Waals surface area contributed by atoms with E-state index in [1.807, 2.05) is 12.1 Å². The molecular formula is C15H15FN2. The van der Waals surface area contributed by atoms with Crippen LogP contribution >= 0.6 is 0 Å². The van der Waals surface area contributed by atoms with Gasteiger partial charge in [0.2, 0.25) is 5.95 Å². The molecule has 2 aromatic rings. The number of anilines is 1. The molecule has 1 saturated heterocycles. The molecule has 0 radical (unpaired) electrons. The molecule has 0 aliphatic carbocycles. The van der Waals surface area contributed by atoms with Gasteiger partial charge < -0.3 is 4.90 Å². The first-order chi connectivity index (χ1) is 8.83. The van der Waals surface area contributed by atoms with Crippen molar-refractivity contribution < 1.29 is 4.39 Å². The fourth-order valence-corrected chi connectivity index (χ4v) is 2.54. The predicted octanol–water partition coefficient (Wildman–Crippen LogP) is 3.21. The van der Waals surface area contributed by atoms with Crippen LogP contribution in [0.5, 0.6) is 0 Å². The number of benzene rings is 1. The highest BCUT2D eigenvalue weighted by molar-refractivity contribution is 5.41. The third kappa shape index (κ3) is 2.21. The lowest BCUT2D eigenvalue weighted by Gasteiger charge is -2.17. The summed E-state index contributed by atoms with van der Waals surface area (Å²) >= 11 is 0. The second-order valence-corrected chi connectivity index (χ2v) is 4.66. The van der Waals surface area contributed by atoms with Crippen molar-refractivity contribution >= 4 is 5.82 Å². The molecule has 0 bridgehead atoms. The van der Waals surface area contributed by atoms with Crippen LogP contribution in [0.2, 0.25) is 0 Å². The second kappa shape index (κ2) is 4.77. The van der Waals surface area contributed by atoms with Gasteiger partial charge in [-0.2, -0.15) is 4.39 Å². The first kappa shape index (κ1) is 11.2. The molecule has 1 unspecified atom stereocenters. The van der Waals surface area contributed by atoms with Crippen LogP contribution < -0.4 is 4.90 Å². The van der Waals surface area contributed by atoms with Crippen LogP contribution in [-0.4, -0.2) is 18.1 Å². The smallest absolute Gasteiger partial charge is 0.214 e. The van der Waals surface area contributed by atoms with Crippen molar-refractivity contribution in [2.24, 2.45) is 0 Å². The molecule has 2 nitrogen and oxygen atoms in total. The lowest BCUT2D eigenvalue weighted by atomic mass is 9.99. The lowest BCUT2D eigenvalue weighted by Crippen LogP contribution is -2.20. The number of hydrogen-bond acceptors (Lipinski definition) is 2. The van der Waals surface area contributed by atoms with Gasteiger partial charge in [-0.1, -0.05) is 36.4 Å². The summed E-state index contributed by atoms with van der Waals surface area (Å²) in [5.41, 5.74) is 1.36. The van der Waals surface area contributed by atoms with Crippen molar-refractivity contribution in [2.45, 2.75) is 12.3 Å². The van der Waals surface area contributed by atoms with Crippen LogP contribution in [0.1, 0.15) is 17.9 Å². The van der Waals surface area contributed by atoms with Gasteiger partial charge >= 0.3 is 0 Å². The first-order valence-electron chi connectivity index (χ1n) is 6.25. The topological polar surface area (TPSA) is 16.1 Å². The molecule has 1 aromatic heterocycles. The Balaban J connectivity index is 1.76. The van der Waals surface area contributed by atoms with Gasteiger partial charge in [0.1, 0.15) is 5.82 Å². The van der Waals surface area contributed by atoms with Crippen LogP contribution in [0.3, 0.4) is 0 Å². The molecule has 1 fully saturated rings. The van der Waals surface area contributed by atoms with E-state index in [4.69, 9.17) is 0 Å². The molecule has 18 heavy (non-hydrogen) atoms. The first-order valence-corrected chi connectivity index (χ1v) is 6.25. The largest absolute Gasteiger partial charge is 0.356 e. The minimum atomic E-state index is -0.407. The molecule has 3 rings (SSSR count). The Morgan fingerprint density at radius 1 is 1.06 bits per heavy atom. The Hall–Kier alpha value is -1.90. The highest BCUT2D eigenvalue weighted by atomic mass is 19.1. The van der Waals surface area contributed by atoms with Crippen molar-refractivity contribution in [1.29, 1.82) is 0 Å². The Morgan fingerprint density at radius 3 is 2.67 bits per heavy atom. The van der Waals surface area contributed by atoms with E-state index in [9.17, 15) is 4.39 Å². The van der Waals surface area contributed by atoms with E-state index < -0.39 is 5.95 Å². The van der Waals surface area contributed by atoms with Gasteiger partial charge in [-0.05, 0) is 24.1 Å². The van der Waals surface area contributed by atoms with Gasteiger partial charge in [0.25, 0.3) is 0 Å². The fourth-order valence-electron chi connectivity index (χ4n) is 2.54. The summed E-state index contributed by atoms with van der Waals surface area (Å²) < 4.78 is 13.1. The number of pyridine rings is 1. The van der Waals surface area contributed by atoms with E-state index in [-0.39, 0.29) is 0 Å². The lowest BCUT2D eigenvalue weighted by molar-refractivity contribution is 0.582. The maximum atomic E-state index is 13.1. The van der Waals surface area contributed by atoms with E-state index in [2.05, 4.69) is 34.1 Å². The summed E-state index contributed by atoms with van der Waals surface area (Å²) in [4.78, 5) is 6.10. The van der Waals surface area contributed by atoms with Crippen LogP contribution in [-0.2, 0) is 0 Å². The molecule has 1 aliphatic heterocycles. The quantitative estimate of drug-likeness (QED) is 0.752. The van der Waals surface area contributed by atoms with Crippen molar-refractivity contribution in [1.82, 2.24) is 4.98 Å². The minimum absolute atomic E-state index is 0.407. The fraction of sp³-hybridized carbons (Fsp3) is 0.267. The van der Waals surface area contributed by atoms with E-state index in [1.54, 1.807) is 6.07 Å². The van der Waals surface area contributed by atoms with E-state index in [1.165, 1.54) is 11.6 Å². The highest BCUT2D eigenvalue weighted by Crippen LogP contribution is 2.29. The van der Waals surface area contributed by atoms with Crippen LogP contribution in [0.25, 0.3) is 0 Å². The summed E-state index contributed by atoms with van der Waals surface area (Å²) in [6.45, 7) is 1.86. The average Bonchev–Trinajstić information content (AvgIpc) is 2.89. The third-order valence-electron chi connectivity index (χ3n) is 3.48. The van der Waals surface area contributed by atoms with Crippen molar-refractivity contribution in [3.8, 4) is 0 Å². The Labute approximate surface area is 106 Å². The second-order valence-electron chi connectivity index (χ2n) is 4.66. The minimum Gasteiger partial charge on any atom is -0.356 e. The molecule has 1 atom stereocenters. The number of halogens is 1. The summed E-state index contributed by atoms with van der Waals surface area (Å²) in [7, 11) is 0. The maximum Gasteiger partial charge on any atom is 0.214 e. The van der Waals surface area contributed by atoms with E-state index >= 15 is 0 Å².